The average Bonchev–Trinajstić information content (AvgIpc) is 3.61. The van der Waals surface area contributed by atoms with Gasteiger partial charge in [-0.25, -0.2) is 4.98 Å². The SMILES string of the molecule is c1ccc2c(c1)-c1cc3ccccc3cc1-n1c(nc3ccccc31)N2c1ccc(-n2c3ccccc3c3ccccc32)cc1. The van der Waals surface area contributed by atoms with Gasteiger partial charge < -0.3 is 4.57 Å². The van der Waals surface area contributed by atoms with E-state index in [-0.39, 0.29) is 0 Å². The number of imidazole rings is 1. The van der Waals surface area contributed by atoms with Gasteiger partial charge in [0.1, 0.15) is 0 Å². The molecule has 0 saturated carbocycles. The smallest absolute Gasteiger partial charge is 0.220 e. The summed E-state index contributed by atoms with van der Waals surface area (Å²) in [5.74, 6) is 0.877. The Morgan fingerprint density at radius 1 is 0.400 bits per heavy atom. The van der Waals surface area contributed by atoms with Gasteiger partial charge in [0, 0.05) is 33.3 Å². The van der Waals surface area contributed by atoms with Gasteiger partial charge in [-0.15, -0.1) is 0 Å². The highest BCUT2D eigenvalue weighted by Crippen LogP contribution is 2.48. The Morgan fingerprint density at radius 3 is 1.73 bits per heavy atom. The van der Waals surface area contributed by atoms with Gasteiger partial charge in [-0.2, -0.15) is 0 Å². The molecule has 0 amide bonds. The number of benzene rings is 7. The molecular weight excluding hydrogens is 548 g/mol. The fourth-order valence-corrected chi connectivity index (χ4v) is 7.24. The molecule has 0 fully saturated rings. The third-order valence-corrected chi connectivity index (χ3v) is 9.23. The molecule has 0 radical (unpaired) electrons. The van der Waals surface area contributed by atoms with Gasteiger partial charge in [0.25, 0.3) is 0 Å². The van der Waals surface area contributed by atoms with Crippen molar-refractivity contribution in [1.82, 2.24) is 14.1 Å². The first-order valence-corrected chi connectivity index (χ1v) is 15.3. The van der Waals surface area contributed by atoms with Gasteiger partial charge >= 0.3 is 0 Å². The van der Waals surface area contributed by atoms with Crippen molar-refractivity contribution < 1.29 is 0 Å². The highest BCUT2D eigenvalue weighted by molar-refractivity contribution is 6.09. The minimum atomic E-state index is 0.877. The van der Waals surface area contributed by atoms with Crippen LogP contribution in [-0.2, 0) is 0 Å². The molecule has 0 N–H and O–H groups in total. The summed E-state index contributed by atoms with van der Waals surface area (Å²) in [5, 5.41) is 4.96. The molecule has 10 rings (SSSR count). The Labute approximate surface area is 259 Å². The van der Waals surface area contributed by atoms with E-state index >= 15 is 0 Å². The summed E-state index contributed by atoms with van der Waals surface area (Å²) in [4.78, 5) is 7.60. The molecule has 0 atom stereocenters. The molecule has 0 saturated heterocycles. The van der Waals surface area contributed by atoms with E-state index in [1.165, 1.54) is 43.7 Å². The molecule has 2 aromatic heterocycles. The van der Waals surface area contributed by atoms with Crippen molar-refractivity contribution in [3.05, 3.63) is 158 Å². The number of fused-ring (bicyclic) bond motifs is 11. The van der Waals surface area contributed by atoms with E-state index in [4.69, 9.17) is 4.98 Å². The molecule has 9 aromatic rings. The van der Waals surface area contributed by atoms with Gasteiger partial charge in [0.05, 0.1) is 33.4 Å². The minimum Gasteiger partial charge on any atom is -0.309 e. The van der Waals surface area contributed by atoms with Gasteiger partial charge in [-0.3, -0.25) is 9.47 Å². The maximum Gasteiger partial charge on any atom is 0.220 e. The highest BCUT2D eigenvalue weighted by atomic mass is 15.3. The summed E-state index contributed by atoms with van der Waals surface area (Å²) in [7, 11) is 0. The average molecular weight is 575 g/mol. The second-order valence-corrected chi connectivity index (χ2v) is 11.7. The van der Waals surface area contributed by atoms with Crippen LogP contribution in [0.1, 0.15) is 0 Å². The van der Waals surface area contributed by atoms with Crippen LogP contribution in [0.2, 0.25) is 0 Å². The number of para-hydroxylation sites is 5. The second-order valence-electron chi connectivity index (χ2n) is 11.7. The van der Waals surface area contributed by atoms with Crippen molar-refractivity contribution in [2.24, 2.45) is 0 Å². The maximum atomic E-state index is 5.29. The lowest BCUT2D eigenvalue weighted by Crippen LogP contribution is -2.14. The number of aromatic nitrogens is 3. The Morgan fingerprint density at radius 2 is 0.978 bits per heavy atom. The van der Waals surface area contributed by atoms with Crippen LogP contribution in [0, 0.1) is 0 Å². The summed E-state index contributed by atoms with van der Waals surface area (Å²) in [6.45, 7) is 0. The first-order chi connectivity index (χ1) is 22.3. The molecule has 7 aromatic carbocycles. The molecule has 4 nitrogen and oxygen atoms in total. The van der Waals surface area contributed by atoms with Crippen LogP contribution in [0.25, 0.3) is 66.1 Å². The van der Waals surface area contributed by atoms with E-state index in [0.29, 0.717) is 0 Å². The lowest BCUT2D eigenvalue weighted by molar-refractivity contribution is 1.05. The summed E-state index contributed by atoms with van der Waals surface area (Å²) < 4.78 is 4.69. The Balaban J connectivity index is 1.23. The molecule has 0 unspecified atom stereocenters. The number of nitrogens with zero attached hydrogens (tertiary/aromatic N) is 4. The Kier molecular flexibility index (Phi) is 4.96. The molecule has 1 aliphatic rings. The monoisotopic (exact) mass is 574 g/mol. The topological polar surface area (TPSA) is 26.0 Å². The fourth-order valence-electron chi connectivity index (χ4n) is 7.24. The summed E-state index contributed by atoms with van der Waals surface area (Å²) in [6, 6.07) is 56.6. The summed E-state index contributed by atoms with van der Waals surface area (Å²) in [5.41, 5.74) is 11.3. The highest BCUT2D eigenvalue weighted by Gasteiger charge is 2.29. The summed E-state index contributed by atoms with van der Waals surface area (Å²) in [6.07, 6.45) is 0. The quantitative estimate of drug-likeness (QED) is 0.205. The van der Waals surface area contributed by atoms with E-state index in [2.05, 4.69) is 172 Å². The fraction of sp³-hybridized carbons (Fsp3) is 0. The van der Waals surface area contributed by atoms with E-state index in [1.54, 1.807) is 0 Å². The van der Waals surface area contributed by atoms with Crippen molar-refractivity contribution in [3.63, 3.8) is 0 Å². The van der Waals surface area contributed by atoms with Gasteiger partial charge in [-0.1, -0.05) is 91.0 Å². The van der Waals surface area contributed by atoms with E-state index in [9.17, 15) is 0 Å². The second kappa shape index (κ2) is 9.18. The summed E-state index contributed by atoms with van der Waals surface area (Å²) >= 11 is 0. The van der Waals surface area contributed by atoms with Crippen LogP contribution < -0.4 is 4.90 Å². The third kappa shape index (κ3) is 3.45. The van der Waals surface area contributed by atoms with E-state index in [0.717, 1.165) is 39.7 Å². The van der Waals surface area contributed by atoms with Gasteiger partial charge in [-0.05, 0) is 77.5 Å². The zero-order valence-electron chi connectivity index (χ0n) is 24.3. The number of rotatable bonds is 2. The molecule has 0 spiro atoms. The van der Waals surface area contributed by atoms with Crippen LogP contribution in [0.5, 0.6) is 0 Å². The van der Waals surface area contributed by atoms with Crippen molar-refractivity contribution in [2.45, 2.75) is 0 Å². The van der Waals surface area contributed by atoms with Crippen LogP contribution in [0.4, 0.5) is 17.3 Å². The normalized spacial score (nSPS) is 12.4. The number of anilines is 3. The molecule has 210 valence electrons. The number of hydrogen-bond donors (Lipinski definition) is 0. The standard InChI is InChI=1S/C41H26N4/c1-2-12-28-26-40-34(25-27(28)11-1)33-15-5-9-19-38(33)44(41-42-35-16-6-10-20-39(35)45(40)41)30-23-21-29(22-24-30)43-36-17-7-3-13-31(36)32-14-4-8-18-37(32)43/h1-26H. The first-order valence-electron chi connectivity index (χ1n) is 15.3. The lowest BCUT2D eigenvalue weighted by atomic mass is 9.97. The van der Waals surface area contributed by atoms with Gasteiger partial charge in [0.15, 0.2) is 0 Å². The lowest BCUT2D eigenvalue weighted by Gasteiger charge is -2.24. The molecule has 45 heavy (non-hydrogen) atoms. The molecule has 4 heteroatoms. The molecule has 0 aliphatic carbocycles. The maximum absolute atomic E-state index is 5.29. The Hall–Kier alpha value is -6.13. The predicted octanol–water partition coefficient (Wildman–Crippen LogP) is 10.7. The van der Waals surface area contributed by atoms with E-state index < -0.39 is 0 Å². The van der Waals surface area contributed by atoms with Gasteiger partial charge in [0.2, 0.25) is 5.95 Å². The van der Waals surface area contributed by atoms with Crippen LogP contribution >= 0.6 is 0 Å². The van der Waals surface area contributed by atoms with Crippen LogP contribution in [0.15, 0.2) is 158 Å². The van der Waals surface area contributed by atoms with Crippen molar-refractivity contribution in [2.75, 3.05) is 4.90 Å². The molecule has 1 aliphatic heterocycles. The zero-order chi connectivity index (χ0) is 29.5. The first kappa shape index (κ1) is 24.3. The van der Waals surface area contributed by atoms with Crippen LogP contribution in [-0.4, -0.2) is 14.1 Å². The molecule has 3 heterocycles. The zero-order valence-corrected chi connectivity index (χ0v) is 24.3. The van der Waals surface area contributed by atoms with E-state index in [1.807, 2.05) is 0 Å². The molecular formula is C41H26N4. The van der Waals surface area contributed by atoms with Crippen molar-refractivity contribution in [1.29, 1.82) is 0 Å². The minimum absolute atomic E-state index is 0.877. The number of hydrogen-bond acceptors (Lipinski definition) is 2. The van der Waals surface area contributed by atoms with Crippen LogP contribution in [0.3, 0.4) is 0 Å². The van der Waals surface area contributed by atoms with Crippen molar-refractivity contribution in [3.8, 4) is 22.5 Å². The Bertz CT molecular complexity index is 2550. The largest absolute Gasteiger partial charge is 0.309 e. The molecule has 0 bridgehead atoms. The van der Waals surface area contributed by atoms with Crippen molar-refractivity contribution >= 4 is 60.9 Å². The third-order valence-electron chi connectivity index (χ3n) is 9.23. The predicted molar refractivity (Wildman–Crippen MR) is 187 cm³/mol.